The van der Waals surface area contributed by atoms with Crippen molar-refractivity contribution in [2.75, 3.05) is 11.9 Å². The van der Waals surface area contributed by atoms with Crippen LogP contribution in [0.1, 0.15) is 12.5 Å². The number of pyridine rings is 1. The van der Waals surface area contributed by atoms with E-state index >= 15 is 0 Å². The van der Waals surface area contributed by atoms with E-state index in [1.165, 1.54) is 11.1 Å². The van der Waals surface area contributed by atoms with Crippen LogP contribution in [0.3, 0.4) is 0 Å². The van der Waals surface area contributed by atoms with Crippen LogP contribution in [-0.4, -0.2) is 23.0 Å². The quantitative estimate of drug-likeness (QED) is 0.658. The van der Waals surface area contributed by atoms with E-state index in [0.717, 1.165) is 17.7 Å². The van der Waals surface area contributed by atoms with Gasteiger partial charge in [-0.25, -0.2) is 0 Å². The topological polar surface area (TPSA) is 77.2 Å². The first-order valence-electron chi connectivity index (χ1n) is 9.10. The number of anilines is 1. The van der Waals surface area contributed by atoms with E-state index in [9.17, 15) is 4.79 Å². The number of ether oxygens (including phenoxy) is 1. The van der Waals surface area contributed by atoms with Crippen molar-refractivity contribution in [1.29, 1.82) is 0 Å². The second-order valence-corrected chi connectivity index (χ2v) is 6.93. The maximum absolute atomic E-state index is 11.8. The number of aromatic nitrogens is 1. The van der Waals surface area contributed by atoms with Gasteiger partial charge in [0, 0.05) is 24.5 Å². The summed E-state index contributed by atoms with van der Waals surface area (Å²) in [4.78, 5) is 15.9. The van der Waals surface area contributed by atoms with Crippen molar-refractivity contribution in [2.45, 2.75) is 18.9 Å². The van der Waals surface area contributed by atoms with Crippen LogP contribution in [0.4, 0.5) is 5.69 Å². The molecule has 1 amide bonds. The number of hydrogen-bond acceptors (Lipinski definition) is 4. The average molecular weight is 374 g/mol. The van der Waals surface area contributed by atoms with Crippen molar-refractivity contribution < 1.29 is 9.53 Å². The molecule has 0 aliphatic carbocycles. The zero-order chi connectivity index (χ0) is 20.0. The lowest BCUT2D eigenvalue weighted by Gasteiger charge is -2.17. The van der Waals surface area contributed by atoms with E-state index in [4.69, 9.17) is 10.5 Å². The highest BCUT2D eigenvalue weighted by molar-refractivity contribution is 5.98. The van der Waals surface area contributed by atoms with E-state index in [1.807, 2.05) is 24.3 Å². The van der Waals surface area contributed by atoms with Crippen molar-refractivity contribution >= 4 is 11.6 Å². The average Bonchev–Trinajstić information content (AvgIpc) is 2.70. The highest BCUT2D eigenvalue weighted by Crippen LogP contribution is 2.20. The van der Waals surface area contributed by atoms with Crippen molar-refractivity contribution in [2.24, 2.45) is 5.73 Å². The molecule has 2 aromatic carbocycles. The summed E-state index contributed by atoms with van der Waals surface area (Å²) in [5.41, 5.74) is 8.69. The highest BCUT2D eigenvalue weighted by atomic mass is 16.5. The molecule has 0 aliphatic rings. The number of rotatable bonds is 7. The first-order chi connectivity index (χ1) is 13.4. The first-order valence-corrected chi connectivity index (χ1v) is 9.10. The summed E-state index contributed by atoms with van der Waals surface area (Å²) in [6.07, 6.45) is 4.39. The Kier molecular flexibility index (Phi) is 6.06. The number of hydrogen-bond donors (Lipinski definition) is 2. The molecule has 0 spiro atoms. The van der Waals surface area contributed by atoms with Gasteiger partial charge in [0.15, 0.2) is 0 Å². The molecule has 0 saturated heterocycles. The first kappa shape index (κ1) is 19.6. The van der Waals surface area contributed by atoms with Gasteiger partial charge in [-0.15, -0.1) is 0 Å². The Hall–Kier alpha value is -3.18. The fourth-order valence-corrected chi connectivity index (χ4v) is 2.60. The predicted octanol–water partition coefficient (Wildman–Crippen LogP) is 3.86. The molecule has 1 aromatic heterocycles. The Morgan fingerprint density at radius 1 is 1.04 bits per heavy atom. The molecular weight excluding hydrogens is 350 g/mol. The summed E-state index contributed by atoms with van der Waals surface area (Å²) >= 11 is 0. The molecule has 1 heterocycles. The number of nitrogens with zero attached hydrogens (tertiary/aromatic N) is 1. The number of carbonyl (C=O) groups is 1. The fraction of sp³-hybridized carbons (Fsp3) is 0.174. The lowest BCUT2D eigenvalue weighted by atomic mass is 10.0. The summed E-state index contributed by atoms with van der Waals surface area (Å²) in [5.74, 6) is 0.410. The number of nitrogens with two attached hydrogens (primary N) is 1. The van der Waals surface area contributed by atoms with E-state index in [-0.39, 0.29) is 5.91 Å². The van der Waals surface area contributed by atoms with E-state index in [0.29, 0.717) is 12.3 Å². The Morgan fingerprint density at radius 2 is 1.64 bits per heavy atom. The summed E-state index contributed by atoms with van der Waals surface area (Å²) < 4.78 is 5.79. The maximum Gasteiger partial charge on any atom is 0.244 e. The zero-order valence-corrected chi connectivity index (χ0v) is 15.9. The van der Waals surface area contributed by atoms with Gasteiger partial charge in [-0.05, 0) is 66.9 Å². The third kappa shape index (κ3) is 5.41. The molecule has 3 aromatic rings. The molecule has 1 radical (unpaired) electrons. The number of nitrogens with one attached hydrogen (secondary N) is 1. The minimum Gasteiger partial charge on any atom is -0.493 e. The Morgan fingerprint density at radius 3 is 2.25 bits per heavy atom. The van der Waals surface area contributed by atoms with Crippen LogP contribution in [0, 0.1) is 6.92 Å². The minimum atomic E-state index is -1.16. The molecule has 0 saturated carbocycles. The molecule has 3 rings (SSSR count). The molecule has 0 unspecified atom stereocenters. The van der Waals surface area contributed by atoms with Gasteiger partial charge in [-0.2, -0.15) is 0 Å². The summed E-state index contributed by atoms with van der Waals surface area (Å²) in [6, 6.07) is 19.6. The van der Waals surface area contributed by atoms with E-state index < -0.39 is 5.54 Å². The van der Waals surface area contributed by atoms with Crippen LogP contribution < -0.4 is 15.8 Å². The van der Waals surface area contributed by atoms with Crippen molar-refractivity contribution in [3.8, 4) is 16.9 Å². The smallest absolute Gasteiger partial charge is 0.244 e. The normalized spacial score (nSPS) is 11.1. The molecule has 0 bridgehead atoms. The molecule has 0 aliphatic heterocycles. The highest BCUT2D eigenvalue weighted by Gasteiger charge is 2.21. The van der Waals surface area contributed by atoms with Gasteiger partial charge < -0.3 is 15.8 Å². The SMILES string of the molecule is [CH2][C@@](C)(N)C(=O)Nc1ccc(OCCc2ccc(-c3ccncc3)cc2)cc1. The van der Waals surface area contributed by atoms with Crippen LogP contribution in [0.5, 0.6) is 5.75 Å². The van der Waals surface area contributed by atoms with Gasteiger partial charge in [0.2, 0.25) is 5.91 Å². The van der Waals surface area contributed by atoms with Crippen LogP contribution in [0.15, 0.2) is 73.1 Å². The Labute approximate surface area is 165 Å². The van der Waals surface area contributed by atoms with Gasteiger partial charge in [0.1, 0.15) is 5.75 Å². The molecule has 5 heteroatoms. The van der Waals surface area contributed by atoms with E-state index in [1.54, 1.807) is 31.5 Å². The van der Waals surface area contributed by atoms with Crippen LogP contribution >= 0.6 is 0 Å². The standard InChI is InChI=1S/C23H24N3O2/c1-23(2,24)22(27)26-20-7-9-21(10-8-20)28-16-13-17-3-5-18(6-4-17)19-11-14-25-15-12-19/h3-12,14-15H,1,13,16,24H2,2H3,(H,26,27)/t23-/m0/s1. The Bertz CT molecular complexity index is 899. The molecule has 0 fully saturated rings. The summed E-state index contributed by atoms with van der Waals surface area (Å²) in [5, 5.41) is 2.72. The number of carbonyl (C=O) groups excluding carboxylic acids is 1. The van der Waals surface area contributed by atoms with Crippen molar-refractivity contribution in [1.82, 2.24) is 4.98 Å². The van der Waals surface area contributed by atoms with Gasteiger partial charge >= 0.3 is 0 Å². The molecular formula is C23H24N3O2. The van der Waals surface area contributed by atoms with Gasteiger partial charge in [-0.1, -0.05) is 24.3 Å². The molecule has 28 heavy (non-hydrogen) atoms. The molecule has 5 nitrogen and oxygen atoms in total. The van der Waals surface area contributed by atoms with Gasteiger partial charge in [-0.3, -0.25) is 9.78 Å². The predicted molar refractivity (Wildman–Crippen MR) is 112 cm³/mol. The van der Waals surface area contributed by atoms with Gasteiger partial charge in [0.25, 0.3) is 0 Å². The van der Waals surface area contributed by atoms with Crippen LogP contribution in [0.2, 0.25) is 0 Å². The fourth-order valence-electron chi connectivity index (χ4n) is 2.60. The van der Waals surface area contributed by atoms with Crippen molar-refractivity contribution in [3.63, 3.8) is 0 Å². The van der Waals surface area contributed by atoms with Gasteiger partial charge in [0.05, 0.1) is 12.1 Å². The largest absolute Gasteiger partial charge is 0.493 e. The number of benzene rings is 2. The monoisotopic (exact) mass is 374 g/mol. The van der Waals surface area contributed by atoms with Crippen molar-refractivity contribution in [3.05, 3.63) is 85.5 Å². The van der Waals surface area contributed by atoms with Crippen LogP contribution in [-0.2, 0) is 11.2 Å². The third-order valence-corrected chi connectivity index (χ3v) is 4.26. The Balaban J connectivity index is 1.49. The maximum atomic E-state index is 11.8. The molecule has 1 atom stereocenters. The zero-order valence-electron chi connectivity index (χ0n) is 15.9. The second-order valence-electron chi connectivity index (χ2n) is 6.93. The summed E-state index contributed by atoms with van der Waals surface area (Å²) in [7, 11) is 0. The van der Waals surface area contributed by atoms with Crippen LogP contribution in [0.25, 0.3) is 11.1 Å². The molecule has 3 N–H and O–H groups in total. The molecule has 143 valence electrons. The third-order valence-electron chi connectivity index (χ3n) is 4.26. The van der Waals surface area contributed by atoms with E-state index in [2.05, 4.69) is 41.5 Å². The second kappa shape index (κ2) is 8.67. The number of amides is 1. The summed E-state index contributed by atoms with van der Waals surface area (Å²) in [6.45, 7) is 5.74. The lowest BCUT2D eigenvalue weighted by Crippen LogP contribution is -2.45. The lowest BCUT2D eigenvalue weighted by molar-refractivity contribution is -0.119. The minimum absolute atomic E-state index is 0.337.